The maximum atomic E-state index is 13.4. The number of ether oxygens (including phenoxy) is 2. The van der Waals surface area contributed by atoms with Crippen molar-refractivity contribution in [2.75, 3.05) is 0 Å². The first-order valence-electron chi connectivity index (χ1n) is 5.91. The van der Waals surface area contributed by atoms with Crippen LogP contribution in [0.15, 0.2) is 0 Å². The number of hydrogen-bond acceptors (Lipinski definition) is 2. The third kappa shape index (κ3) is 4.71. The lowest BCUT2D eigenvalue weighted by Gasteiger charge is -2.45. The highest BCUT2D eigenvalue weighted by molar-refractivity contribution is 5.06. The zero-order valence-corrected chi connectivity index (χ0v) is 12.3. The van der Waals surface area contributed by atoms with E-state index in [-0.39, 0.29) is 0 Å². The van der Waals surface area contributed by atoms with Crippen LogP contribution in [0.3, 0.4) is 0 Å². The van der Waals surface area contributed by atoms with Gasteiger partial charge in [-0.05, 0) is 0 Å². The van der Waals surface area contributed by atoms with E-state index in [1.165, 1.54) is 9.47 Å². The molecule has 29 heavy (non-hydrogen) atoms. The third-order valence-corrected chi connectivity index (χ3v) is 2.76. The third-order valence-electron chi connectivity index (χ3n) is 2.76. The van der Waals surface area contributed by atoms with Crippen LogP contribution < -0.4 is 0 Å². The molecule has 0 aromatic rings. The average Bonchev–Trinajstić information content (AvgIpc) is 2.30. The van der Waals surface area contributed by atoms with Crippen LogP contribution in [0.5, 0.6) is 0 Å². The van der Waals surface area contributed by atoms with Crippen LogP contribution in [-0.4, -0.2) is 49.6 Å². The van der Waals surface area contributed by atoms with E-state index in [0.29, 0.717) is 0 Å². The maximum Gasteiger partial charge on any atom is 0.420 e. The van der Waals surface area contributed by atoms with Crippen molar-refractivity contribution in [2.45, 2.75) is 49.6 Å². The molecule has 176 valence electrons. The first-order chi connectivity index (χ1) is 12.3. The average molecular weight is 484 g/mol. The van der Waals surface area contributed by atoms with Gasteiger partial charge in [0.15, 0.2) is 0 Å². The predicted octanol–water partition coefficient (Wildman–Crippen LogP) is 6.03. The molecule has 0 N–H and O–H groups in total. The zero-order valence-electron chi connectivity index (χ0n) is 12.3. The van der Waals surface area contributed by atoms with Gasteiger partial charge >= 0.3 is 55.1 Å². The monoisotopic (exact) mass is 484 g/mol. The molecule has 0 aliphatic heterocycles. The van der Waals surface area contributed by atoms with Gasteiger partial charge in [-0.1, -0.05) is 0 Å². The van der Waals surface area contributed by atoms with E-state index in [1.807, 2.05) is 0 Å². The molecule has 0 aromatic heterocycles. The summed E-state index contributed by atoms with van der Waals surface area (Å²) in [5.74, 6) is 0. The molecule has 0 aliphatic carbocycles. The molecule has 0 unspecified atom stereocenters. The minimum absolute atomic E-state index is 1.32. The molecule has 0 aliphatic rings. The molecule has 0 heterocycles. The summed E-state index contributed by atoms with van der Waals surface area (Å²) in [7, 11) is 0. The van der Waals surface area contributed by atoms with Crippen LogP contribution in [0, 0.1) is 5.41 Å². The minimum Gasteiger partial charge on any atom is -0.249 e. The van der Waals surface area contributed by atoms with E-state index in [1.54, 1.807) is 0 Å². The smallest absolute Gasteiger partial charge is 0.249 e. The zero-order chi connectivity index (χ0) is 24.1. The lowest BCUT2D eigenvalue weighted by atomic mass is 9.82. The number of hydrogen-bond donors (Lipinski definition) is 0. The highest BCUT2D eigenvalue weighted by Gasteiger charge is 2.96. The van der Waals surface area contributed by atoms with E-state index in [9.17, 15) is 79.0 Å². The number of halogens is 18. The van der Waals surface area contributed by atoms with Crippen molar-refractivity contribution in [3.8, 4) is 0 Å². The van der Waals surface area contributed by atoms with Crippen molar-refractivity contribution in [1.29, 1.82) is 0 Å². The van der Waals surface area contributed by atoms with E-state index in [4.69, 9.17) is 0 Å². The standard InChI is InChI=1S/C9H2F18O2/c10-1(11)3(14,15)28-8(24,25)5(6(18,19)20,7(21,22)23)9(26,27)29-4(16,17)2(12)13/h1-2H. The van der Waals surface area contributed by atoms with E-state index >= 15 is 0 Å². The Morgan fingerprint density at radius 2 is 0.621 bits per heavy atom. The lowest BCUT2D eigenvalue weighted by Crippen LogP contribution is -2.73. The Kier molecular flexibility index (Phi) is 7.07. The van der Waals surface area contributed by atoms with E-state index in [0.717, 1.165) is 0 Å². The molecule has 20 heteroatoms. The van der Waals surface area contributed by atoms with Gasteiger partial charge in [0.1, 0.15) is 0 Å². The van der Waals surface area contributed by atoms with Gasteiger partial charge in [-0.2, -0.15) is 61.5 Å². The Labute approximate surface area is 145 Å². The molecule has 0 radical (unpaired) electrons. The predicted molar refractivity (Wildman–Crippen MR) is 48.5 cm³/mol. The Morgan fingerprint density at radius 1 is 0.414 bits per heavy atom. The molecule has 0 saturated heterocycles. The second-order valence-corrected chi connectivity index (χ2v) is 4.71. The van der Waals surface area contributed by atoms with Gasteiger partial charge in [0.05, 0.1) is 0 Å². The molecule has 0 saturated carbocycles. The maximum absolute atomic E-state index is 13.4. The van der Waals surface area contributed by atoms with Crippen LogP contribution in [0.2, 0.25) is 0 Å². The summed E-state index contributed by atoms with van der Waals surface area (Å²) in [6, 6.07) is 0. The van der Waals surface area contributed by atoms with Gasteiger partial charge in [0.2, 0.25) is 0 Å². The Balaban J connectivity index is 7.05. The van der Waals surface area contributed by atoms with Crippen LogP contribution in [0.4, 0.5) is 79.0 Å². The fourth-order valence-corrected chi connectivity index (χ4v) is 1.57. The lowest BCUT2D eigenvalue weighted by molar-refractivity contribution is -0.574. The summed E-state index contributed by atoms with van der Waals surface area (Å²) in [5.41, 5.74) is -8.59. The molecular formula is C9H2F18O2. The van der Waals surface area contributed by atoms with Gasteiger partial charge in [-0.3, -0.25) is 0 Å². The summed E-state index contributed by atoms with van der Waals surface area (Å²) in [6.45, 7) is 0. The van der Waals surface area contributed by atoms with Gasteiger partial charge in [0, 0.05) is 0 Å². The normalized spacial score (nSPS) is 16.1. The Morgan fingerprint density at radius 3 is 0.759 bits per heavy atom. The first kappa shape index (κ1) is 27.7. The molecule has 0 fully saturated rings. The largest absolute Gasteiger partial charge is 0.420 e. The highest BCUT2D eigenvalue weighted by Crippen LogP contribution is 2.67. The van der Waals surface area contributed by atoms with Crippen molar-refractivity contribution < 1.29 is 88.5 Å². The first-order valence-corrected chi connectivity index (χ1v) is 5.91. The fourth-order valence-electron chi connectivity index (χ4n) is 1.57. The van der Waals surface area contributed by atoms with Crippen LogP contribution in [0.1, 0.15) is 0 Å². The SMILES string of the molecule is FC(F)C(F)(F)OC(F)(F)C(C(F)(F)F)(C(F)(F)F)C(F)(F)OC(F)(F)C(F)F. The number of alkyl halides is 18. The Bertz CT molecular complexity index is 509. The van der Waals surface area contributed by atoms with Gasteiger partial charge in [-0.15, -0.1) is 0 Å². The molecule has 0 aromatic carbocycles. The van der Waals surface area contributed by atoms with Gasteiger partial charge in [0.25, 0.3) is 0 Å². The summed E-state index contributed by atoms with van der Waals surface area (Å²) in [5, 5.41) is 0. The second-order valence-electron chi connectivity index (χ2n) is 4.71. The highest BCUT2D eigenvalue weighted by atomic mass is 19.4. The van der Waals surface area contributed by atoms with Crippen molar-refractivity contribution in [2.24, 2.45) is 5.41 Å². The molecule has 0 rings (SSSR count). The summed E-state index contributed by atoms with van der Waals surface area (Å²) in [6.07, 6.45) is -58.5. The van der Waals surface area contributed by atoms with Crippen LogP contribution in [0.25, 0.3) is 0 Å². The molecule has 0 bridgehead atoms. The fraction of sp³-hybridized carbons (Fsp3) is 1.00. The second kappa shape index (κ2) is 7.41. The number of rotatable bonds is 8. The van der Waals surface area contributed by atoms with Crippen LogP contribution in [-0.2, 0) is 9.47 Å². The van der Waals surface area contributed by atoms with Crippen LogP contribution >= 0.6 is 0 Å². The summed E-state index contributed by atoms with van der Waals surface area (Å²) < 4.78 is 229. The molecule has 2 nitrogen and oxygen atoms in total. The summed E-state index contributed by atoms with van der Waals surface area (Å²) >= 11 is 0. The molecular weight excluding hydrogens is 482 g/mol. The van der Waals surface area contributed by atoms with Crippen molar-refractivity contribution in [1.82, 2.24) is 0 Å². The minimum atomic E-state index is -8.59. The quantitative estimate of drug-likeness (QED) is 0.392. The molecule has 0 amide bonds. The van der Waals surface area contributed by atoms with Gasteiger partial charge < -0.3 is 0 Å². The van der Waals surface area contributed by atoms with Crippen molar-refractivity contribution in [3.05, 3.63) is 0 Å². The van der Waals surface area contributed by atoms with Gasteiger partial charge in [-0.25, -0.2) is 27.0 Å². The topological polar surface area (TPSA) is 18.5 Å². The van der Waals surface area contributed by atoms with Crippen molar-refractivity contribution in [3.63, 3.8) is 0 Å². The molecule has 0 atom stereocenters. The van der Waals surface area contributed by atoms with E-state index < -0.39 is 55.1 Å². The molecule has 0 spiro atoms. The summed E-state index contributed by atoms with van der Waals surface area (Å²) in [4.78, 5) is 0. The van der Waals surface area contributed by atoms with Crippen molar-refractivity contribution >= 4 is 0 Å². The Hall–Kier alpha value is -1.34. The van der Waals surface area contributed by atoms with E-state index in [2.05, 4.69) is 0 Å².